The number of sulfone groups is 1. The first-order chi connectivity index (χ1) is 17.2. The Morgan fingerprint density at radius 3 is 2.58 bits per heavy atom. The van der Waals surface area contributed by atoms with Crippen LogP contribution in [0.5, 0.6) is 0 Å². The maximum absolute atomic E-state index is 13.4. The van der Waals surface area contributed by atoms with Gasteiger partial charge in [-0.1, -0.05) is 11.6 Å². The molecule has 192 valence electrons. The van der Waals surface area contributed by atoms with Crippen molar-refractivity contribution < 1.29 is 18.1 Å². The largest absolute Gasteiger partial charge is 0.383 e. The van der Waals surface area contributed by atoms with Crippen LogP contribution in [-0.2, 0) is 14.6 Å². The Balaban J connectivity index is 1.45. The number of piperazine rings is 1. The molecule has 4 rings (SSSR count). The van der Waals surface area contributed by atoms with Crippen LogP contribution in [0.4, 0.5) is 17.2 Å². The summed E-state index contributed by atoms with van der Waals surface area (Å²) >= 11 is 6.49. The van der Waals surface area contributed by atoms with Crippen molar-refractivity contribution >= 4 is 38.6 Å². The molecule has 2 aliphatic heterocycles. The number of methoxy groups -OCH3 is 1. The fourth-order valence-corrected chi connectivity index (χ4v) is 6.82. The highest BCUT2D eigenvalue weighted by Gasteiger charge is 2.36. The fraction of sp³-hybridized carbons (Fsp3) is 0.478. The lowest BCUT2D eigenvalue weighted by Crippen LogP contribution is -2.47. The highest BCUT2D eigenvalue weighted by Crippen LogP contribution is 2.33. The minimum Gasteiger partial charge on any atom is -0.383 e. The van der Waals surface area contributed by atoms with Crippen molar-refractivity contribution in [3.05, 3.63) is 51.2 Å². The van der Waals surface area contributed by atoms with E-state index < -0.39 is 20.0 Å². The topological polar surface area (TPSA) is 133 Å². The third-order valence-electron chi connectivity index (χ3n) is 6.64. The fourth-order valence-electron chi connectivity index (χ4n) is 4.58. The van der Waals surface area contributed by atoms with Crippen molar-refractivity contribution in [1.29, 1.82) is 5.26 Å². The van der Waals surface area contributed by atoms with Gasteiger partial charge in [-0.15, -0.1) is 0 Å². The van der Waals surface area contributed by atoms with E-state index in [0.29, 0.717) is 25.4 Å². The Hall–Kier alpha value is -2.98. The van der Waals surface area contributed by atoms with Gasteiger partial charge in [-0.3, -0.25) is 15.0 Å². The molecular weight excluding hydrogens is 508 g/mol. The third-order valence-corrected chi connectivity index (χ3v) is 9.30. The van der Waals surface area contributed by atoms with E-state index in [-0.39, 0.29) is 27.8 Å². The van der Waals surface area contributed by atoms with Crippen LogP contribution < -0.4 is 9.80 Å². The van der Waals surface area contributed by atoms with Crippen LogP contribution in [0.2, 0.25) is 5.02 Å². The number of hydrogen-bond donors (Lipinski definition) is 0. The Morgan fingerprint density at radius 1 is 1.19 bits per heavy atom. The molecule has 1 aromatic heterocycles. The van der Waals surface area contributed by atoms with E-state index in [9.17, 15) is 23.8 Å². The molecule has 2 aromatic rings. The lowest BCUT2D eigenvalue weighted by Gasteiger charge is -2.36. The van der Waals surface area contributed by atoms with E-state index in [1.807, 2.05) is 0 Å². The summed E-state index contributed by atoms with van der Waals surface area (Å²) in [5.74, 6) is 0.334. The summed E-state index contributed by atoms with van der Waals surface area (Å²) in [6.07, 6.45) is 0.352. The summed E-state index contributed by atoms with van der Waals surface area (Å²) in [6, 6.07) is 9.47. The molecule has 11 nitrogen and oxygen atoms in total. The van der Waals surface area contributed by atoms with Gasteiger partial charge in [-0.05, 0) is 30.7 Å². The standard InChI is InChI=1S/C23H27ClN6O5S/c1-35-13-12-27-8-10-28(11-9-27)17-2-4-22(19(24)14-17)36(33,34)18-6-7-29(16-18)23-5-3-21(30(31)32)20(15-25)26-23/h2-5,14,18H,6-13,16H2,1H3/t18-/m0/s1. The minimum atomic E-state index is -3.73. The number of benzene rings is 1. The van der Waals surface area contributed by atoms with E-state index in [2.05, 4.69) is 14.8 Å². The summed E-state index contributed by atoms with van der Waals surface area (Å²) < 4.78 is 32.0. The molecule has 2 fully saturated rings. The molecule has 0 saturated carbocycles. The van der Waals surface area contributed by atoms with E-state index in [1.54, 1.807) is 36.3 Å². The number of nitrogens with zero attached hydrogens (tertiary/aromatic N) is 6. The first-order valence-corrected chi connectivity index (χ1v) is 13.5. The zero-order chi connectivity index (χ0) is 25.9. The van der Waals surface area contributed by atoms with Gasteiger partial charge in [0.1, 0.15) is 11.9 Å². The Labute approximate surface area is 214 Å². The first kappa shape index (κ1) is 26.1. The molecule has 2 saturated heterocycles. The van der Waals surface area contributed by atoms with E-state index in [0.717, 1.165) is 38.4 Å². The maximum atomic E-state index is 13.4. The van der Waals surface area contributed by atoms with Crippen LogP contribution in [0.1, 0.15) is 12.1 Å². The molecule has 36 heavy (non-hydrogen) atoms. The van der Waals surface area contributed by atoms with Gasteiger partial charge in [0.25, 0.3) is 0 Å². The number of aromatic nitrogens is 1. The highest BCUT2D eigenvalue weighted by atomic mass is 35.5. The zero-order valence-corrected chi connectivity index (χ0v) is 21.4. The first-order valence-electron chi connectivity index (χ1n) is 11.5. The Kier molecular flexibility index (Phi) is 7.94. The van der Waals surface area contributed by atoms with Crippen LogP contribution in [0, 0.1) is 21.4 Å². The highest BCUT2D eigenvalue weighted by molar-refractivity contribution is 7.92. The minimum absolute atomic E-state index is 0.0906. The molecule has 0 N–H and O–H groups in total. The average molecular weight is 535 g/mol. The molecule has 1 atom stereocenters. The third kappa shape index (κ3) is 5.39. The van der Waals surface area contributed by atoms with Crippen molar-refractivity contribution in [2.45, 2.75) is 16.6 Å². The van der Waals surface area contributed by atoms with Gasteiger partial charge in [0.15, 0.2) is 9.84 Å². The van der Waals surface area contributed by atoms with Crippen molar-refractivity contribution in [2.24, 2.45) is 0 Å². The van der Waals surface area contributed by atoms with Crippen LogP contribution in [0.25, 0.3) is 0 Å². The predicted molar refractivity (Wildman–Crippen MR) is 135 cm³/mol. The number of halogens is 1. The second-order valence-electron chi connectivity index (χ2n) is 8.74. The summed E-state index contributed by atoms with van der Waals surface area (Å²) in [5.41, 5.74) is 0.201. The monoisotopic (exact) mass is 534 g/mol. The van der Waals surface area contributed by atoms with Gasteiger partial charge in [0.05, 0.1) is 26.7 Å². The van der Waals surface area contributed by atoms with Crippen LogP contribution in [0.15, 0.2) is 35.2 Å². The summed E-state index contributed by atoms with van der Waals surface area (Å²) in [6.45, 7) is 5.53. The second kappa shape index (κ2) is 11.0. The van der Waals surface area contributed by atoms with Crippen molar-refractivity contribution in [3.8, 4) is 6.07 Å². The number of pyridine rings is 1. The van der Waals surface area contributed by atoms with Gasteiger partial charge in [-0.2, -0.15) is 5.26 Å². The van der Waals surface area contributed by atoms with Crippen LogP contribution >= 0.6 is 11.6 Å². The smallest absolute Gasteiger partial charge is 0.305 e. The van der Waals surface area contributed by atoms with E-state index in [1.165, 1.54) is 12.1 Å². The van der Waals surface area contributed by atoms with Gasteiger partial charge in [0, 0.05) is 64.7 Å². The van der Waals surface area contributed by atoms with E-state index in [4.69, 9.17) is 16.3 Å². The molecule has 1 aromatic carbocycles. The molecule has 0 spiro atoms. The number of ether oxygens (including phenoxy) is 1. The second-order valence-corrected chi connectivity index (χ2v) is 11.3. The molecule has 0 aliphatic carbocycles. The average Bonchev–Trinajstić information content (AvgIpc) is 3.38. The summed E-state index contributed by atoms with van der Waals surface area (Å²) in [4.78, 5) is 20.8. The van der Waals surface area contributed by atoms with Crippen LogP contribution in [-0.4, -0.2) is 88.0 Å². The van der Waals surface area contributed by atoms with Crippen molar-refractivity contribution in [3.63, 3.8) is 0 Å². The van der Waals surface area contributed by atoms with Crippen molar-refractivity contribution in [2.75, 3.05) is 69.3 Å². The van der Waals surface area contributed by atoms with E-state index >= 15 is 0 Å². The molecule has 2 aliphatic rings. The molecule has 0 unspecified atom stereocenters. The van der Waals surface area contributed by atoms with Gasteiger partial charge in [-0.25, -0.2) is 13.4 Å². The number of anilines is 2. The summed E-state index contributed by atoms with van der Waals surface area (Å²) in [5, 5.41) is 19.7. The lowest BCUT2D eigenvalue weighted by molar-refractivity contribution is -0.385. The maximum Gasteiger partial charge on any atom is 0.305 e. The van der Waals surface area contributed by atoms with Gasteiger partial charge >= 0.3 is 5.69 Å². The molecule has 13 heteroatoms. The van der Waals surface area contributed by atoms with Gasteiger partial charge in [0.2, 0.25) is 5.69 Å². The predicted octanol–water partition coefficient (Wildman–Crippen LogP) is 2.34. The van der Waals surface area contributed by atoms with Crippen molar-refractivity contribution in [1.82, 2.24) is 9.88 Å². The molecule has 0 radical (unpaired) electrons. The number of rotatable bonds is 8. The molecular formula is C23H27ClN6O5S. The summed E-state index contributed by atoms with van der Waals surface area (Å²) in [7, 11) is -2.04. The number of nitro groups is 1. The Bertz CT molecular complexity index is 1280. The molecule has 3 heterocycles. The Morgan fingerprint density at radius 2 is 1.94 bits per heavy atom. The molecule has 0 amide bonds. The SMILES string of the molecule is COCCN1CCN(c2ccc(S(=O)(=O)[C@H]3CCN(c4ccc([N+](=O)[O-])c(C#N)n4)C3)c(Cl)c2)CC1. The lowest BCUT2D eigenvalue weighted by atomic mass is 10.2. The number of hydrogen-bond acceptors (Lipinski definition) is 10. The van der Waals surface area contributed by atoms with Gasteiger partial charge < -0.3 is 14.5 Å². The van der Waals surface area contributed by atoms with Crippen LogP contribution in [0.3, 0.4) is 0 Å². The number of nitriles is 1. The molecule has 0 bridgehead atoms. The zero-order valence-electron chi connectivity index (χ0n) is 19.8. The normalized spacial score (nSPS) is 18.9. The quantitative estimate of drug-likeness (QED) is 0.367.